The second kappa shape index (κ2) is 6.22. The van der Waals surface area contributed by atoms with Gasteiger partial charge in [-0.15, -0.1) is 0 Å². The van der Waals surface area contributed by atoms with Crippen LogP contribution in [0.4, 0.5) is 0 Å². The molecule has 0 spiro atoms. The molecule has 1 aliphatic rings. The third kappa shape index (κ3) is 3.33. The van der Waals surface area contributed by atoms with Gasteiger partial charge in [0.25, 0.3) is 0 Å². The van der Waals surface area contributed by atoms with Gasteiger partial charge in [0.05, 0.1) is 6.10 Å². The molecule has 2 atom stereocenters. The van der Waals surface area contributed by atoms with E-state index in [4.69, 9.17) is 14.3 Å². The van der Waals surface area contributed by atoms with Crippen molar-refractivity contribution in [1.82, 2.24) is 0 Å². The molecule has 1 fully saturated rings. The summed E-state index contributed by atoms with van der Waals surface area (Å²) in [5.74, 6) is 2.13. The Hall–Kier alpha value is -0.800. The Bertz CT molecular complexity index is 332. The molecule has 2 rings (SSSR count). The smallest absolute Gasteiger partial charge is 0.130 e. The predicted molar refractivity (Wildman–Crippen MR) is 65.5 cm³/mol. The molecular weight excluding hydrogens is 216 g/mol. The van der Waals surface area contributed by atoms with Crippen LogP contribution in [0.25, 0.3) is 0 Å². The zero-order valence-corrected chi connectivity index (χ0v) is 10.5. The Morgan fingerprint density at radius 2 is 2.06 bits per heavy atom. The Balaban J connectivity index is 1.83. The lowest BCUT2D eigenvalue weighted by Gasteiger charge is -2.30. The van der Waals surface area contributed by atoms with Gasteiger partial charge in [-0.2, -0.15) is 0 Å². The zero-order chi connectivity index (χ0) is 12.1. The van der Waals surface area contributed by atoms with Gasteiger partial charge in [-0.1, -0.05) is 26.2 Å². The number of aliphatic hydroxyl groups is 1. The lowest BCUT2D eigenvalue weighted by Crippen LogP contribution is -2.27. The maximum atomic E-state index is 8.91. The Morgan fingerprint density at radius 3 is 2.76 bits per heavy atom. The normalized spacial score (nSPS) is 25.1. The average molecular weight is 238 g/mol. The lowest BCUT2D eigenvalue weighted by atomic mass is 9.85. The Kier molecular flexibility index (Phi) is 4.63. The van der Waals surface area contributed by atoms with Crippen LogP contribution in [-0.2, 0) is 18.0 Å². The number of hydrogen-bond donors (Lipinski definition) is 1. The molecular formula is C14H22O3. The van der Waals surface area contributed by atoms with Crippen molar-refractivity contribution < 1.29 is 14.3 Å². The minimum absolute atomic E-state index is 0.0407. The van der Waals surface area contributed by atoms with Gasteiger partial charge in [0.2, 0.25) is 0 Å². The molecule has 0 aromatic carbocycles. The molecule has 0 saturated heterocycles. The fraction of sp³-hybridized carbons (Fsp3) is 0.714. The van der Waals surface area contributed by atoms with Gasteiger partial charge in [-0.05, 0) is 30.9 Å². The van der Waals surface area contributed by atoms with Crippen molar-refractivity contribution in [3.8, 4) is 0 Å². The maximum Gasteiger partial charge on any atom is 0.130 e. The van der Waals surface area contributed by atoms with E-state index in [1.54, 1.807) is 6.07 Å². The van der Waals surface area contributed by atoms with Crippen LogP contribution in [0.2, 0.25) is 0 Å². The number of hydrogen-bond acceptors (Lipinski definition) is 3. The summed E-state index contributed by atoms with van der Waals surface area (Å²) >= 11 is 0. The largest absolute Gasteiger partial charge is 0.461 e. The van der Waals surface area contributed by atoms with E-state index in [0.29, 0.717) is 24.4 Å². The van der Waals surface area contributed by atoms with Gasteiger partial charge >= 0.3 is 0 Å². The van der Waals surface area contributed by atoms with Gasteiger partial charge in [-0.25, -0.2) is 0 Å². The van der Waals surface area contributed by atoms with Gasteiger partial charge in [0.15, 0.2) is 0 Å². The van der Waals surface area contributed by atoms with Crippen LogP contribution >= 0.6 is 0 Å². The Morgan fingerprint density at radius 1 is 1.29 bits per heavy atom. The third-order valence-electron chi connectivity index (χ3n) is 3.68. The second-order valence-corrected chi connectivity index (χ2v) is 4.83. The molecule has 3 heteroatoms. The zero-order valence-electron chi connectivity index (χ0n) is 10.5. The maximum absolute atomic E-state index is 8.91. The summed E-state index contributed by atoms with van der Waals surface area (Å²) in [5, 5.41) is 8.91. The van der Waals surface area contributed by atoms with Gasteiger partial charge in [0, 0.05) is 0 Å². The predicted octanol–water partition coefficient (Wildman–Crippen LogP) is 3.26. The van der Waals surface area contributed by atoms with Crippen LogP contribution in [0.15, 0.2) is 16.5 Å². The molecule has 96 valence electrons. The van der Waals surface area contributed by atoms with Gasteiger partial charge in [-0.3, -0.25) is 0 Å². The summed E-state index contributed by atoms with van der Waals surface area (Å²) < 4.78 is 11.4. The van der Waals surface area contributed by atoms with Crippen molar-refractivity contribution in [3.05, 3.63) is 23.7 Å². The van der Waals surface area contributed by atoms with E-state index in [9.17, 15) is 0 Å². The molecule has 2 unspecified atom stereocenters. The minimum atomic E-state index is -0.0407. The molecule has 3 nitrogen and oxygen atoms in total. The first-order valence-corrected chi connectivity index (χ1v) is 6.63. The molecule has 1 saturated carbocycles. The highest BCUT2D eigenvalue weighted by Gasteiger charge is 2.24. The first-order chi connectivity index (χ1) is 8.33. The van der Waals surface area contributed by atoms with E-state index in [0.717, 1.165) is 5.76 Å². The summed E-state index contributed by atoms with van der Waals surface area (Å²) in [6, 6.07) is 3.69. The lowest BCUT2D eigenvalue weighted by molar-refractivity contribution is -0.0288. The van der Waals surface area contributed by atoms with Crippen LogP contribution in [-0.4, -0.2) is 11.2 Å². The molecule has 1 N–H and O–H groups in total. The summed E-state index contributed by atoms with van der Waals surface area (Å²) in [5.41, 5.74) is 0. The van der Waals surface area contributed by atoms with E-state index < -0.39 is 0 Å². The molecule has 0 bridgehead atoms. The molecule has 0 radical (unpaired) electrons. The Labute approximate surface area is 103 Å². The molecule has 0 amide bonds. The second-order valence-electron chi connectivity index (χ2n) is 4.83. The van der Waals surface area contributed by atoms with E-state index in [2.05, 4.69) is 6.92 Å². The summed E-state index contributed by atoms with van der Waals surface area (Å²) in [7, 11) is 0. The minimum Gasteiger partial charge on any atom is -0.461 e. The third-order valence-corrected chi connectivity index (χ3v) is 3.68. The van der Waals surface area contributed by atoms with Crippen molar-refractivity contribution in [1.29, 1.82) is 0 Å². The van der Waals surface area contributed by atoms with Crippen molar-refractivity contribution >= 4 is 0 Å². The van der Waals surface area contributed by atoms with Gasteiger partial charge < -0.3 is 14.3 Å². The number of furan rings is 1. The summed E-state index contributed by atoms with van der Waals surface area (Å²) in [4.78, 5) is 0. The number of aliphatic hydroxyl groups excluding tert-OH is 1. The molecule has 1 aromatic rings. The fourth-order valence-electron chi connectivity index (χ4n) is 2.63. The van der Waals surface area contributed by atoms with E-state index in [1.807, 2.05) is 6.07 Å². The van der Waals surface area contributed by atoms with Crippen molar-refractivity contribution in [3.63, 3.8) is 0 Å². The van der Waals surface area contributed by atoms with Crippen LogP contribution in [0.3, 0.4) is 0 Å². The summed E-state index contributed by atoms with van der Waals surface area (Å²) in [6.45, 7) is 2.73. The number of ether oxygens (including phenoxy) is 1. The van der Waals surface area contributed by atoms with Crippen LogP contribution in [0.1, 0.15) is 50.5 Å². The molecule has 1 aromatic heterocycles. The standard InChI is InChI=1S/C14H22O3/c1-2-11-5-3-4-6-14(11)16-10-13-8-7-12(9-15)17-13/h7-8,11,14-15H,2-6,9-10H2,1H3. The highest BCUT2D eigenvalue weighted by atomic mass is 16.5. The topological polar surface area (TPSA) is 42.6 Å². The molecule has 1 heterocycles. The van der Waals surface area contributed by atoms with Crippen molar-refractivity contribution in [2.24, 2.45) is 5.92 Å². The van der Waals surface area contributed by atoms with E-state index in [1.165, 1.54) is 32.1 Å². The quantitative estimate of drug-likeness (QED) is 0.856. The van der Waals surface area contributed by atoms with E-state index in [-0.39, 0.29) is 6.61 Å². The monoisotopic (exact) mass is 238 g/mol. The highest BCUT2D eigenvalue weighted by molar-refractivity contribution is 5.05. The first-order valence-electron chi connectivity index (χ1n) is 6.63. The fourth-order valence-corrected chi connectivity index (χ4v) is 2.63. The SMILES string of the molecule is CCC1CCCCC1OCc1ccc(CO)o1. The van der Waals surface area contributed by atoms with E-state index >= 15 is 0 Å². The van der Waals surface area contributed by atoms with Gasteiger partial charge in [0.1, 0.15) is 24.7 Å². The van der Waals surface area contributed by atoms with Crippen LogP contribution < -0.4 is 0 Å². The highest BCUT2D eigenvalue weighted by Crippen LogP contribution is 2.29. The van der Waals surface area contributed by atoms with Crippen molar-refractivity contribution in [2.75, 3.05) is 0 Å². The first kappa shape index (κ1) is 12.7. The molecule has 1 aliphatic carbocycles. The summed E-state index contributed by atoms with van der Waals surface area (Å²) in [6.07, 6.45) is 6.67. The van der Waals surface area contributed by atoms with Crippen molar-refractivity contribution in [2.45, 2.75) is 58.3 Å². The number of rotatable bonds is 5. The molecule has 17 heavy (non-hydrogen) atoms. The van der Waals surface area contributed by atoms with Crippen LogP contribution in [0, 0.1) is 5.92 Å². The molecule has 0 aliphatic heterocycles. The van der Waals surface area contributed by atoms with Crippen LogP contribution in [0.5, 0.6) is 0 Å². The average Bonchev–Trinajstić information content (AvgIpc) is 2.84.